The Morgan fingerprint density at radius 2 is 1.56 bits per heavy atom. The van der Waals surface area contributed by atoms with Crippen molar-refractivity contribution in [3.63, 3.8) is 0 Å². The third-order valence-corrected chi connectivity index (χ3v) is 5.28. The fourth-order valence-corrected chi connectivity index (χ4v) is 3.58. The maximum atomic E-state index is 13.3. The van der Waals surface area contributed by atoms with Crippen molar-refractivity contribution in [2.75, 3.05) is 6.54 Å². The molecule has 3 heteroatoms. The van der Waals surface area contributed by atoms with Crippen molar-refractivity contribution < 1.29 is 9.75 Å². The molecule has 25 heavy (non-hydrogen) atoms. The molecule has 136 valence electrons. The highest BCUT2D eigenvalue weighted by atomic mass is 16.5. The van der Waals surface area contributed by atoms with Gasteiger partial charge in [-0.3, -0.25) is 0 Å². The molecule has 0 unspecified atom stereocenters. The van der Waals surface area contributed by atoms with Crippen LogP contribution in [0.1, 0.15) is 56.7 Å². The Kier molecular flexibility index (Phi) is 6.26. The third-order valence-electron chi connectivity index (χ3n) is 5.28. The molecule has 0 amide bonds. The largest absolute Gasteiger partial charge is 0.632 e. The molecular weight excluding hydrogens is 310 g/mol. The predicted octanol–water partition coefficient (Wildman–Crippen LogP) is 5.35. The summed E-state index contributed by atoms with van der Waals surface area (Å²) in [4.78, 5) is 0. The van der Waals surface area contributed by atoms with Crippen LogP contribution in [-0.4, -0.2) is 28.4 Å². The predicted molar refractivity (Wildman–Crippen MR) is 105 cm³/mol. The molecule has 0 saturated heterocycles. The van der Waals surface area contributed by atoms with Crippen molar-refractivity contribution in [2.45, 2.75) is 59.0 Å². The summed E-state index contributed by atoms with van der Waals surface area (Å²) in [7, 11) is 0. The van der Waals surface area contributed by atoms with E-state index < -0.39 is 0 Å². The van der Waals surface area contributed by atoms with E-state index in [-0.39, 0.29) is 22.6 Å². The van der Waals surface area contributed by atoms with Crippen LogP contribution in [0, 0.1) is 12.1 Å². The van der Waals surface area contributed by atoms with Crippen LogP contribution in [0.15, 0.2) is 48.5 Å². The monoisotopic (exact) mass is 341 g/mol. The lowest BCUT2D eigenvalue weighted by Crippen LogP contribution is -2.53. The van der Waals surface area contributed by atoms with Crippen LogP contribution in [-0.2, 0) is 0 Å². The zero-order valence-electron chi connectivity index (χ0n) is 16.1. The number of phenols is 1. The number of benzene rings is 2. The lowest BCUT2D eigenvalue weighted by atomic mass is 9.86. The first kappa shape index (κ1) is 19.5. The van der Waals surface area contributed by atoms with Gasteiger partial charge in [-0.25, -0.2) is 0 Å². The van der Waals surface area contributed by atoms with E-state index in [0.29, 0.717) is 18.7 Å². The fraction of sp³-hybridized carbons (Fsp3) is 0.455. The van der Waals surface area contributed by atoms with Crippen molar-refractivity contribution in [3.05, 3.63) is 70.4 Å². The maximum absolute atomic E-state index is 13.3. The first-order chi connectivity index (χ1) is 11.8. The van der Waals surface area contributed by atoms with Crippen molar-refractivity contribution in [3.8, 4) is 5.75 Å². The Morgan fingerprint density at radius 3 is 2.12 bits per heavy atom. The van der Waals surface area contributed by atoms with E-state index >= 15 is 0 Å². The molecule has 0 radical (unpaired) electrons. The molecule has 2 rings (SSSR count). The van der Waals surface area contributed by atoms with E-state index in [0.717, 1.165) is 16.7 Å². The number of hydrogen-bond acceptors (Lipinski definition) is 2. The Bertz CT molecular complexity index is 672. The van der Waals surface area contributed by atoms with Gasteiger partial charge in [0, 0.05) is 17.9 Å². The number of phenolic OH excluding ortho intramolecular Hbond substituents is 1. The number of aryl methyl sites for hydroxylation is 1. The van der Waals surface area contributed by atoms with Crippen LogP contribution in [0.4, 0.5) is 0 Å². The summed E-state index contributed by atoms with van der Waals surface area (Å²) >= 11 is 0. The lowest BCUT2D eigenvalue weighted by Gasteiger charge is -2.50. The van der Waals surface area contributed by atoms with Crippen LogP contribution >= 0.6 is 0 Å². The molecule has 2 aromatic carbocycles. The minimum Gasteiger partial charge on any atom is -0.632 e. The molecule has 0 fully saturated rings. The molecular formula is C22H31NO2. The van der Waals surface area contributed by atoms with Crippen LogP contribution < -0.4 is 0 Å². The third kappa shape index (κ3) is 4.42. The van der Waals surface area contributed by atoms with E-state index in [1.165, 1.54) is 0 Å². The summed E-state index contributed by atoms with van der Waals surface area (Å²) in [6.07, 6.45) is 0.709. The highest BCUT2D eigenvalue weighted by Crippen LogP contribution is 2.36. The molecule has 0 aliphatic heterocycles. The summed E-state index contributed by atoms with van der Waals surface area (Å²) in [5, 5.41) is 23.7. The van der Waals surface area contributed by atoms with E-state index in [1.54, 1.807) is 6.07 Å². The van der Waals surface area contributed by atoms with E-state index in [4.69, 9.17) is 0 Å². The first-order valence-electron chi connectivity index (χ1n) is 9.18. The summed E-state index contributed by atoms with van der Waals surface area (Å²) in [6.45, 7) is 10.5. The van der Waals surface area contributed by atoms with Gasteiger partial charge >= 0.3 is 0 Å². The van der Waals surface area contributed by atoms with Gasteiger partial charge in [-0.05, 0) is 46.2 Å². The van der Waals surface area contributed by atoms with Gasteiger partial charge in [0.05, 0.1) is 18.6 Å². The number of nitrogens with zero attached hydrogens (tertiary/aromatic N) is 1. The zero-order chi connectivity index (χ0) is 18.6. The van der Waals surface area contributed by atoms with Gasteiger partial charge in [-0.15, -0.1) is 0 Å². The van der Waals surface area contributed by atoms with Gasteiger partial charge in [0.15, 0.2) is 0 Å². The molecule has 0 aliphatic rings. The highest BCUT2D eigenvalue weighted by molar-refractivity contribution is 5.43. The summed E-state index contributed by atoms with van der Waals surface area (Å²) < 4.78 is -0.212. The molecule has 0 spiro atoms. The Balaban J connectivity index is 2.38. The average Bonchev–Trinajstić information content (AvgIpc) is 2.58. The number of quaternary nitrogens is 1. The van der Waals surface area contributed by atoms with E-state index in [2.05, 4.69) is 12.1 Å². The molecule has 1 N–H and O–H groups in total. The molecule has 0 aromatic heterocycles. The normalized spacial score (nSPS) is 13.4. The number of rotatable bonds is 7. The minimum absolute atomic E-state index is 0.0162. The van der Waals surface area contributed by atoms with E-state index in [9.17, 15) is 10.3 Å². The van der Waals surface area contributed by atoms with Crippen LogP contribution in [0.5, 0.6) is 5.75 Å². The molecule has 3 nitrogen and oxygen atoms in total. The Labute approximate surface area is 152 Å². The minimum atomic E-state index is -0.212. The molecule has 0 bridgehead atoms. The van der Waals surface area contributed by atoms with Crippen molar-refractivity contribution in [2.24, 2.45) is 0 Å². The van der Waals surface area contributed by atoms with Crippen molar-refractivity contribution in [1.82, 2.24) is 0 Å². The van der Waals surface area contributed by atoms with Gasteiger partial charge < -0.3 is 15.0 Å². The second kappa shape index (κ2) is 8.03. The van der Waals surface area contributed by atoms with Crippen molar-refractivity contribution >= 4 is 0 Å². The van der Waals surface area contributed by atoms with Crippen molar-refractivity contribution in [1.29, 1.82) is 0 Å². The van der Waals surface area contributed by atoms with Gasteiger partial charge in [0.25, 0.3) is 0 Å². The van der Waals surface area contributed by atoms with Gasteiger partial charge in [-0.1, -0.05) is 48.0 Å². The maximum Gasteiger partial charge on any atom is 0.119 e. The average molecular weight is 341 g/mol. The standard InChI is InChI=1S/C22H31NO2/c1-16(2)23(25,17(3)4)14-13-20(19-9-7-6-8-10-19)21-15-18(5)11-12-22(21)24/h6-12,15-17,20,24H,13-14H2,1-5H3/t20-/m1/s1. The van der Waals surface area contributed by atoms with Crippen LogP contribution in [0.3, 0.4) is 0 Å². The zero-order valence-corrected chi connectivity index (χ0v) is 16.1. The number of hydrogen-bond donors (Lipinski definition) is 1. The smallest absolute Gasteiger partial charge is 0.119 e. The summed E-state index contributed by atoms with van der Waals surface area (Å²) in [6, 6.07) is 15.9. The molecule has 0 aliphatic carbocycles. The van der Waals surface area contributed by atoms with E-state index in [1.807, 2.05) is 65.0 Å². The van der Waals surface area contributed by atoms with Gasteiger partial charge in [0.2, 0.25) is 0 Å². The van der Waals surface area contributed by atoms with Crippen LogP contribution in [0.2, 0.25) is 0 Å². The molecule has 0 saturated carbocycles. The molecule has 0 heterocycles. The summed E-state index contributed by atoms with van der Waals surface area (Å²) in [5.74, 6) is 0.322. The topological polar surface area (TPSA) is 43.3 Å². The second-order valence-electron chi connectivity index (χ2n) is 7.58. The molecule has 1 atom stereocenters. The van der Waals surface area contributed by atoms with Gasteiger partial charge in [0.1, 0.15) is 5.75 Å². The summed E-state index contributed by atoms with van der Waals surface area (Å²) in [5.41, 5.74) is 3.16. The first-order valence-corrected chi connectivity index (χ1v) is 9.18. The Hall–Kier alpha value is -1.84. The van der Waals surface area contributed by atoms with Crippen LogP contribution in [0.25, 0.3) is 0 Å². The lowest BCUT2D eigenvalue weighted by molar-refractivity contribution is -0.922. The highest BCUT2D eigenvalue weighted by Gasteiger charge is 2.28. The molecule has 2 aromatic rings. The van der Waals surface area contributed by atoms with Gasteiger partial charge in [-0.2, -0.15) is 0 Å². The SMILES string of the molecule is Cc1ccc(O)c([C@H](CC[N+]([O-])(C(C)C)C(C)C)c2ccccc2)c1. The number of aromatic hydroxyl groups is 1. The quantitative estimate of drug-likeness (QED) is 0.544. The number of hydroxylamine groups is 3. The Morgan fingerprint density at radius 1 is 0.960 bits per heavy atom. The fourth-order valence-electron chi connectivity index (χ4n) is 3.58. The second-order valence-corrected chi connectivity index (χ2v) is 7.58.